The van der Waals surface area contributed by atoms with Gasteiger partial charge in [0.15, 0.2) is 0 Å². The lowest BCUT2D eigenvalue weighted by Crippen LogP contribution is -2.14. The second-order valence-corrected chi connectivity index (χ2v) is 2.86. The molecule has 0 fully saturated rings. The molecule has 17 heavy (non-hydrogen) atoms. The number of H-pyrrole nitrogens is 1. The van der Waals surface area contributed by atoms with E-state index in [1.54, 1.807) is 0 Å². The largest absolute Gasteiger partial charge is 0.478 e. The number of imidazole rings is 1. The average molecular weight is 240 g/mol. The van der Waals surface area contributed by atoms with E-state index in [0.717, 1.165) is 0 Å². The van der Waals surface area contributed by atoms with Crippen molar-refractivity contribution in [2.75, 3.05) is 0 Å². The Labute approximate surface area is 94.5 Å². The van der Waals surface area contributed by atoms with Gasteiger partial charge < -0.3 is 19.9 Å². The van der Waals surface area contributed by atoms with Crippen LogP contribution in [0.15, 0.2) is 24.0 Å². The number of ether oxygens (including phenoxy) is 1. The molecule has 1 rings (SSSR count). The maximum absolute atomic E-state index is 11.2. The van der Waals surface area contributed by atoms with Gasteiger partial charge in [-0.1, -0.05) is 0 Å². The van der Waals surface area contributed by atoms with Crippen molar-refractivity contribution in [1.82, 2.24) is 9.97 Å². The summed E-state index contributed by atoms with van der Waals surface area (Å²) < 4.78 is 4.61. The molecule has 0 spiro atoms. The van der Waals surface area contributed by atoms with Crippen molar-refractivity contribution in [3.8, 4) is 6.01 Å². The Morgan fingerprint density at radius 2 is 2.12 bits per heavy atom. The normalized spacial score (nSPS) is 10.9. The first-order chi connectivity index (χ1) is 7.99. The minimum Gasteiger partial charge on any atom is -0.478 e. The maximum atomic E-state index is 11.2. The number of aliphatic carboxylic acids is 2. The number of esters is 1. The fourth-order valence-electron chi connectivity index (χ4n) is 0.943. The number of rotatable bonds is 5. The summed E-state index contributed by atoms with van der Waals surface area (Å²) in [4.78, 5) is 38.2. The van der Waals surface area contributed by atoms with Gasteiger partial charge in [0.25, 0.3) is 0 Å². The second-order valence-electron chi connectivity index (χ2n) is 2.86. The van der Waals surface area contributed by atoms with Crippen LogP contribution in [-0.4, -0.2) is 38.1 Å². The van der Waals surface area contributed by atoms with Gasteiger partial charge in [0.2, 0.25) is 0 Å². The van der Waals surface area contributed by atoms with Gasteiger partial charge in [-0.2, -0.15) is 0 Å². The number of hydrogen-bond acceptors (Lipinski definition) is 5. The van der Waals surface area contributed by atoms with Crippen LogP contribution in [0.25, 0.3) is 0 Å². The molecule has 0 aliphatic carbocycles. The number of carboxylic acids is 2. The first-order valence-electron chi connectivity index (χ1n) is 4.36. The highest BCUT2D eigenvalue weighted by Crippen LogP contribution is 2.06. The van der Waals surface area contributed by atoms with E-state index in [0.29, 0.717) is 6.08 Å². The van der Waals surface area contributed by atoms with E-state index in [4.69, 9.17) is 10.2 Å². The minimum absolute atomic E-state index is 0.0879. The van der Waals surface area contributed by atoms with E-state index in [1.807, 2.05) is 0 Å². The molecule has 0 aliphatic heterocycles. The fourth-order valence-corrected chi connectivity index (χ4v) is 0.943. The van der Waals surface area contributed by atoms with Gasteiger partial charge >= 0.3 is 23.9 Å². The van der Waals surface area contributed by atoms with Crippen molar-refractivity contribution in [2.24, 2.45) is 0 Å². The number of nitrogens with one attached hydrogen (secondary N) is 1. The average Bonchev–Trinajstić information content (AvgIpc) is 2.68. The molecule has 0 atom stereocenters. The molecule has 0 aliphatic rings. The first kappa shape index (κ1) is 12.4. The molecular weight excluding hydrogens is 232 g/mol. The summed E-state index contributed by atoms with van der Waals surface area (Å²) in [5, 5.41) is 17.0. The Balaban J connectivity index is 2.65. The smallest absolute Gasteiger partial charge is 0.332 e. The standard InChI is InChI=1S/C9H8N2O6/c12-6(13)3-5(8(15)16)4-7(14)17-9-10-1-2-11-9/h1-3H,4H2,(H,10,11)(H,12,13)(H,15,16). The van der Waals surface area contributed by atoms with E-state index < -0.39 is 29.9 Å². The second kappa shape index (κ2) is 5.45. The van der Waals surface area contributed by atoms with Crippen molar-refractivity contribution >= 4 is 17.9 Å². The highest BCUT2D eigenvalue weighted by molar-refractivity contribution is 5.98. The van der Waals surface area contributed by atoms with Crippen LogP contribution in [0, 0.1) is 0 Å². The lowest BCUT2D eigenvalue weighted by atomic mass is 10.2. The van der Waals surface area contributed by atoms with Crippen LogP contribution >= 0.6 is 0 Å². The summed E-state index contributed by atoms with van der Waals surface area (Å²) >= 11 is 0. The van der Waals surface area contributed by atoms with Crippen molar-refractivity contribution in [1.29, 1.82) is 0 Å². The first-order valence-corrected chi connectivity index (χ1v) is 4.36. The molecule has 0 saturated heterocycles. The summed E-state index contributed by atoms with van der Waals surface area (Å²) in [6, 6.07) is -0.0879. The summed E-state index contributed by atoms with van der Waals surface area (Å²) in [5.41, 5.74) is -0.575. The van der Waals surface area contributed by atoms with Gasteiger partial charge in [-0.05, 0) is 0 Å². The number of carbonyl (C=O) groups is 3. The fraction of sp³-hybridized carbons (Fsp3) is 0.111. The third-order valence-corrected chi connectivity index (χ3v) is 1.59. The summed E-state index contributed by atoms with van der Waals surface area (Å²) in [7, 11) is 0. The lowest BCUT2D eigenvalue weighted by Gasteiger charge is -2.01. The molecule has 0 radical (unpaired) electrons. The molecule has 90 valence electrons. The Bertz CT molecular complexity index is 462. The molecule has 0 bridgehead atoms. The van der Waals surface area contributed by atoms with Gasteiger partial charge in [0.1, 0.15) is 0 Å². The molecule has 8 nitrogen and oxygen atoms in total. The van der Waals surface area contributed by atoms with Gasteiger partial charge in [0, 0.05) is 18.5 Å². The van der Waals surface area contributed by atoms with E-state index in [-0.39, 0.29) is 6.01 Å². The Morgan fingerprint density at radius 1 is 1.41 bits per heavy atom. The zero-order valence-electron chi connectivity index (χ0n) is 8.41. The van der Waals surface area contributed by atoms with Crippen LogP contribution in [0.3, 0.4) is 0 Å². The van der Waals surface area contributed by atoms with Crippen LogP contribution in [0.2, 0.25) is 0 Å². The van der Waals surface area contributed by atoms with Crippen molar-refractivity contribution in [2.45, 2.75) is 6.42 Å². The number of aromatic nitrogens is 2. The number of nitrogens with zero attached hydrogens (tertiary/aromatic N) is 1. The minimum atomic E-state index is -1.50. The Morgan fingerprint density at radius 3 is 2.59 bits per heavy atom. The van der Waals surface area contributed by atoms with E-state index in [2.05, 4.69) is 14.7 Å². The number of carbonyl (C=O) groups excluding carboxylic acids is 1. The predicted molar refractivity (Wildman–Crippen MR) is 52.2 cm³/mol. The summed E-state index contributed by atoms with van der Waals surface area (Å²) in [6.45, 7) is 0. The predicted octanol–water partition coefficient (Wildman–Crippen LogP) is -0.199. The SMILES string of the molecule is O=C(O)C=C(CC(=O)Oc1ncc[nH]1)C(=O)O. The van der Waals surface area contributed by atoms with Gasteiger partial charge in [-0.3, -0.25) is 4.79 Å². The molecule has 8 heteroatoms. The van der Waals surface area contributed by atoms with Crippen LogP contribution in [-0.2, 0) is 14.4 Å². The van der Waals surface area contributed by atoms with Gasteiger partial charge in [0.05, 0.1) is 12.0 Å². The molecule has 1 aromatic heterocycles. The Kier molecular flexibility index (Phi) is 3.98. The topological polar surface area (TPSA) is 130 Å². The summed E-state index contributed by atoms with van der Waals surface area (Å²) in [5.74, 6) is -3.87. The lowest BCUT2D eigenvalue weighted by molar-refractivity contribution is -0.138. The highest BCUT2D eigenvalue weighted by atomic mass is 16.5. The Hall–Kier alpha value is -2.64. The zero-order chi connectivity index (χ0) is 12.8. The monoisotopic (exact) mass is 240 g/mol. The number of hydrogen-bond donors (Lipinski definition) is 3. The number of carboxylic acid groups (broad SMARTS) is 2. The molecule has 3 N–H and O–H groups in total. The quantitative estimate of drug-likeness (QED) is 0.480. The zero-order valence-corrected chi connectivity index (χ0v) is 8.41. The van der Waals surface area contributed by atoms with Crippen LogP contribution < -0.4 is 4.74 Å². The van der Waals surface area contributed by atoms with E-state index in [1.165, 1.54) is 12.4 Å². The van der Waals surface area contributed by atoms with E-state index >= 15 is 0 Å². The molecule has 1 aromatic rings. The van der Waals surface area contributed by atoms with Crippen molar-refractivity contribution in [3.05, 3.63) is 24.0 Å². The van der Waals surface area contributed by atoms with Gasteiger partial charge in [-0.25, -0.2) is 14.6 Å². The van der Waals surface area contributed by atoms with Crippen molar-refractivity contribution < 1.29 is 29.3 Å². The third-order valence-electron chi connectivity index (χ3n) is 1.59. The third kappa shape index (κ3) is 4.16. The molecule has 0 saturated carbocycles. The van der Waals surface area contributed by atoms with Crippen molar-refractivity contribution in [3.63, 3.8) is 0 Å². The highest BCUT2D eigenvalue weighted by Gasteiger charge is 2.16. The molecule has 0 amide bonds. The maximum Gasteiger partial charge on any atom is 0.332 e. The molecule has 0 unspecified atom stereocenters. The molecule has 1 heterocycles. The van der Waals surface area contributed by atoms with Crippen LogP contribution in [0.5, 0.6) is 6.01 Å². The number of aromatic amines is 1. The molecule has 0 aromatic carbocycles. The van der Waals surface area contributed by atoms with Crippen LogP contribution in [0.1, 0.15) is 6.42 Å². The van der Waals surface area contributed by atoms with Gasteiger partial charge in [-0.15, -0.1) is 0 Å². The van der Waals surface area contributed by atoms with Crippen LogP contribution in [0.4, 0.5) is 0 Å². The molecular formula is C9H8N2O6. The summed E-state index contributed by atoms with van der Waals surface area (Å²) in [6.07, 6.45) is 2.52. The van der Waals surface area contributed by atoms with E-state index in [9.17, 15) is 14.4 Å².